The van der Waals surface area contributed by atoms with Crippen molar-refractivity contribution in [2.24, 2.45) is 0 Å². The predicted molar refractivity (Wildman–Crippen MR) is 89.4 cm³/mol. The summed E-state index contributed by atoms with van der Waals surface area (Å²) in [5, 5.41) is 10.6. The first-order chi connectivity index (χ1) is 12.4. The van der Waals surface area contributed by atoms with Gasteiger partial charge in [-0.15, -0.1) is 0 Å². The molecule has 0 atom stereocenters. The van der Waals surface area contributed by atoms with Crippen molar-refractivity contribution in [3.63, 3.8) is 0 Å². The van der Waals surface area contributed by atoms with Gasteiger partial charge in [0, 0.05) is 18.3 Å². The molecule has 0 radical (unpaired) electrons. The number of carbonyl (C=O) groups excluding carboxylic acids is 3. The first-order valence-electron chi connectivity index (χ1n) is 7.71. The molecule has 0 spiro atoms. The Kier molecular flexibility index (Phi) is 8.28. The van der Waals surface area contributed by atoms with Crippen molar-refractivity contribution >= 4 is 23.5 Å². The number of non-ortho nitro benzene ring substituents is 1. The maximum Gasteiger partial charge on any atom is 0.347 e. The largest absolute Gasteiger partial charge is 0.462 e. The molecule has 0 aliphatic heterocycles. The Balaban J connectivity index is 2.64. The zero-order valence-corrected chi connectivity index (χ0v) is 14.3. The van der Waals surface area contributed by atoms with Crippen LogP contribution >= 0.6 is 0 Å². The molecule has 0 aliphatic carbocycles. The summed E-state index contributed by atoms with van der Waals surface area (Å²) in [4.78, 5) is 45.3. The van der Waals surface area contributed by atoms with Crippen LogP contribution in [0.2, 0.25) is 0 Å². The highest BCUT2D eigenvalue weighted by molar-refractivity contribution is 6.13. The number of hydrazine groups is 1. The van der Waals surface area contributed by atoms with Gasteiger partial charge < -0.3 is 14.9 Å². The molecule has 140 valence electrons. The summed E-state index contributed by atoms with van der Waals surface area (Å²) in [6, 6.07) is 5.48. The molecule has 0 saturated carbocycles. The molecular formula is C16H19N3O7. The van der Waals surface area contributed by atoms with E-state index in [0.717, 1.165) is 6.20 Å². The van der Waals surface area contributed by atoms with Crippen molar-refractivity contribution in [3.05, 3.63) is 51.7 Å². The first kappa shape index (κ1) is 20.6. The topological polar surface area (TPSA) is 137 Å². The highest BCUT2D eigenvalue weighted by atomic mass is 16.6. The molecule has 0 unspecified atom stereocenters. The van der Waals surface area contributed by atoms with E-state index < -0.39 is 28.3 Å². The van der Waals surface area contributed by atoms with E-state index in [1.165, 1.54) is 24.3 Å². The van der Waals surface area contributed by atoms with Crippen LogP contribution in [0.3, 0.4) is 0 Å². The molecule has 10 nitrogen and oxygen atoms in total. The normalized spacial score (nSPS) is 9.62. The molecular weight excluding hydrogens is 346 g/mol. The molecule has 1 amide bonds. The summed E-state index contributed by atoms with van der Waals surface area (Å²) in [5.74, 6) is -2.26. The van der Waals surface area contributed by atoms with Crippen molar-refractivity contribution in [2.75, 3.05) is 13.2 Å². The van der Waals surface area contributed by atoms with E-state index in [1.807, 2.05) is 0 Å². The number of nitro benzene ring substituents is 1. The predicted octanol–water partition coefficient (Wildman–Crippen LogP) is 0.768. The summed E-state index contributed by atoms with van der Waals surface area (Å²) in [7, 11) is 0. The number of benzene rings is 1. The van der Waals surface area contributed by atoms with Crippen molar-refractivity contribution < 1.29 is 28.8 Å². The lowest BCUT2D eigenvalue weighted by Gasteiger charge is -2.08. The zero-order chi connectivity index (χ0) is 19.5. The van der Waals surface area contributed by atoms with E-state index in [-0.39, 0.29) is 25.3 Å². The van der Waals surface area contributed by atoms with Gasteiger partial charge in [-0.1, -0.05) is 12.1 Å². The molecule has 0 fully saturated rings. The van der Waals surface area contributed by atoms with Crippen LogP contribution in [0.25, 0.3) is 0 Å². The summed E-state index contributed by atoms with van der Waals surface area (Å²) in [6.45, 7) is 3.31. The number of nitrogens with one attached hydrogen (secondary N) is 2. The lowest BCUT2D eigenvalue weighted by molar-refractivity contribution is -0.384. The van der Waals surface area contributed by atoms with Gasteiger partial charge in [0.25, 0.3) is 5.69 Å². The van der Waals surface area contributed by atoms with Crippen LogP contribution in [0, 0.1) is 10.1 Å². The standard InChI is InChI=1S/C16H19N3O7/c1-3-25-15(21)13(16(22)26-4-2)10-17-18-14(20)9-11-5-7-12(8-6-11)19(23)24/h5-8,10,17H,3-4,9H2,1-2H3,(H,18,20). The number of hydrogen-bond donors (Lipinski definition) is 2. The highest BCUT2D eigenvalue weighted by Gasteiger charge is 2.21. The van der Waals surface area contributed by atoms with Gasteiger partial charge >= 0.3 is 11.9 Å². The number of amides is 1. The third kappa shape index (κ3) is 6.59. The first-order valence-corrected chi connectivity index (χ1v) is 7.71. The van der Waals surface area contributed by atoms with E-state index in [9.17, 15) is 24.5 Å². The Morgan fingerprint density at radius 2 is 1.62 bits per heavy atom. The fourth-order valence-corrected chi connectivity index (χ4v) is 1.77. The monoisotopic (exact) mass is 365 g/mol. The second-order valence-corrected chi connectivity index (χ2v) is 4.79. The molecule has 1 rings (SSSR count). The molecule has 0 aliphatic rings. The van der Waals surface area contributed by atoms with Gasteiger partial charge in [-0.3, -0.25) is 20.3 Å². The molecule has 0 bridgehead atoms. The summed E-state index contributed by atoms with van der Waals surface area (Å²) < 4.78 is 9.48. The van der Waals surface area contributed by atoms with Gasteiger partial charge in [0.15, 0.2) is 5.57 Å². The van der Waals surface area contributed by atoms with Crippen molar-refractivity contribution in [2.45, 2.75) is 20.3 Å². The van der Waals surface area contributed by atoms with Gasteiger partial charge in [-0.25, -0.2) is 9.59 Å². The van der Waals surface area contributed by atoms with E-state index in [4.69, 9.17) is 9.47 Å². The Bertz CT molecular complexity index is 678. The fourth-order valence-electron chi connectivity index (χ4n) is 1.77. The number of nitrogens with zero attached hydrogens (tertiary/aromatic N) is 1. The van der Waals surface area contributed by atoms with Gasteiger partial charge in [-0.05, 0) is 19.4 Å². The Morgan fingerprint density at radius 1 is 1.08 bits per heavy atom. The van der Waals surface area contributed by atoms with Crippen LogP contribution in [0.5, 0.6) is 0 Å². The fraction of sp³-hybridized carbons (Fsp3) is 0.312. The van der Waals surface area contributed by atoms with Gasteiger partial charge in [0.2, 0.25) is 5.91 Å². The third-order valence-corrected chi connectivity index (χ3v) is 2.93. The van der Waals surface area contributed by atoms with E-state index in [2.05, 4.69) is 10.9 Å². The molecule has 2 N–H and O–H groups in total. The van der Waals surface area contributed by atoms with Gasteiger partial charge in [0.05, 0.1) is 24.6 Å². The van der Waals surface area contributed by atoms with Crippen LogP contribution in [-0.4, -0.2) is 36.0 Å². The average Bonchev–Trinajstić information content (AvgIpc) is 2.59. The van der Waals surface area contributed by atoms with E-state index in [0.29, 0.717) is 5.56 Å². The second-order valence-electron chi connectivity index (χ2n) is 4.79. The van der Waals surface area contributed by atoms with Crippen molar-refractivity contribution in [1.29, 1.82) is 0 Å². The summed E-state index contributed by atoms with van der Waals surface area (Å²) >= 11 is 0. The van der Waals surface area contributed by atoms with Crippen molar-refractivity contribution in [3.8, 4) is 0 Å². The second kappa shape index (κ2) is 10.4. The number of rotatable bonds is 9. The molecule has 0 aromatic heterocycles. The number of ether oxygens (including phenoxy) is 2. The van der Waals surface area contributed by atoms with Crippen molar-refractivity contribution in [1.82, 2.24) is 10.9 Å². The molecule has 1 aromatic rings. The summed E-state index contributed by atoms with van der Waals surface area (Å²) in [6.07, 6.45) is 0.913. The minimum absolute atomic E-state index is 0.0625. The van der Waals surface area contributed by atoms with Crippen LogP contribution in [0.1, 0.15) is 19.4 Å². The van der Waals surface area contributed by atoms with Gasteiger partial charge in [0.1, 0.15) is 0 Å². The quantitative estimate of drug-likeness (QED) is 0.163. The molecule has 0 saturated heterocycles. The van der Waals surface area contributed by atoms with E-state index >= 15 is 0 Å². The van der Waals surface area contributed by atoms with Crippen LogP contribution in [-0.2, 0) is 30.3 Å². The maximum atomic E-state index is 11.8. The minimum atomic E-state index is -0.886. The number of hydrogen-bond acceptors (Lipinski definition) is 8. The SMILES string of the molecule is CCOC(=O)C(=CNNC(=O)Cc1ccc([N+](=O)[O-])cc1)C(=O)OCC. The molecule has 10 heteroatoms. The van der Waals surface area contributed by atoms with Crippen LogP contribution in [0.15, 0.2) is 36.0 Å². The average molecular weight is 365 g/mol. The Labute approximate surface area is 149 Å². The van der Waals surface area contributed by atoms with Crippen LogP contribution < -0.4 is 10.9 Å². The molecule has 26 heavy (non-hydrogen) atoms. The number of carbonyl (C=O) groups is 3. The molecule has 0 heterocycles. The lowest BCUT2D eigenvalue weighted by Crippen LogP contribution is -2.36. The Morgan fingerprint density at radius 3 is 2.08 bits per heavy atom. The zero-order valence-electron chi connectivity index (χ0n) is 14.3. The van der Waals surface area contributed by atoms with E-state index in [1.54, 1.807) is 13.8 Å². The Hall–Kier alpha value is -3.43. The van der Waals surface area contributed by atoms with Gasteiger partial charge in [-0.2, -0.15) is 0 Å². The minimum Gasteiger partial charge on any atom is -0.462 e. The third-order valence-electron chi connectivity index (χ3n) is 2.93. The lowest BCUT2D eigenvalue weighted by atomic mass is 10.1. The smallest absolute Gasteiger partial charge is 0.347 e. The number of nitro groups is 1. The van der Waals surface area contributed by atoms with Crippen LogP contribution in [0.4, 0.5) is 5.69 Å². The highest BCUT2D eigenvalue weighted by Crippen LogP contribution is 2.12. The number of esters is 2. The summed E-state index contributed by atoms with van der Waals surface area (Å²) in [5.41, 5.74) is 4.69. The maximum absolute atomic E-state index is 11.8. The molecule has 1 aromatic carbocycles.